The van der Waals surface area contributed by atoms with Crippen LogP contribution in [0.15, 0.2) is 24.3 Å². The zero-order valence-corrected chi connectivity index (χ0v) is 9.64. The van der Waals surface area contributed by atoms with E-state index in [2.05, 4.69) is 0 Å². The smallest absolute Gasteiger partial charge is 0.308 e. The van der Waals surface area contributed by atoms with Gasteiger partial charge in [-0.1, -0.05) is 18.2 Å². The maximum Gasteiger partial charge on any atom is 0.308 e. The van der Waals surface area contributed by atoms with Gasteiger partial charge in [0.1, 0.15) is 5.69 Å². The third-order valence-corrected chi connectivity index (χ3v) is 2.79. The van der Waals surface area contributed by atoms with Crippen LogP contribution >= 0.6 is 0 Å². The number of carboxylic acid groups (broad SMARTS) is 1. The second-order valence-electron chi connectivity index (χ2n) is 3.72. The fourth-order valence-corrected chi connectivity index (χ4v) is 1.79. The van der Waals surface area contributed by atoms with Gasteiger partial charge in [-0.15, -0.1) is 0 Å². The summed E-state index contributed by atoms with van der Waals surface area (Å²) >= 11 is 0. The third-order valence-electron chi connectivity index (χ3n) is 2.79. The molecule has 0 unspecified atom stereocenters. The molecule has 0 fully saturated rings. The zero-order valence-electron chi connectivity index (χ0n) is 9.64. The Hall–Kier alpha value is -1.39. The van der Waals surface area contributed by atoms with Crippen molar-refractivity contribution in [2.75, 3.05) is 13.1 Å². The molecular formula is C12H17NO3. The topological polar surface area (TPSA) is 60.4 Å². The summed E-state index contributed by atoms with van der Waals surface area (Å²) in [5.41, 5.74) is 1.17. The Kier molecular flexibility index (Phi) is 4.04. The summed E-state index contributed by atoms with van der Waals surface area (Å²) < 4.78 is -0.469. The van der Waals surface area contributed by atoms with Crippen LogP contribution in [0, 0.1) is 5.21 Å². The minimum Gasteiger partial charge on any atom is -0.627 e. The van der Waals surface area contributed by atoms with Gasteiger partial charge in [0, 0.05) is 5.56 Å². The van der Waals surface area contributed by atoms with Crippen LogP contribution in [0.1, 0.15) is 19.4 Å². The molecule has 0 spiro atoms. The average molecular weight is 223 g/mol. The van der Waals surface area contributed by atoms with Crippen molar-refractivity contribution in [2.24, 2.45) is 0 Å². The third kappa shape index (κ3) is 2.59. The van der Waals surface area contributed by atoms with E-state index in [0.717, 1.165) is 0 Å². The van der Waals surface area contributed by atoms with Crippen LogP contribution < -0.4 is 4.65 Å². The Morgan fingerprint density at radius 2 is 1.88 bits per heavy atom. The highest BCUT2D eigenvalue weighted by molar-refractivity contribution is 5.73. The van der Waals surface area contributed by atoms with Crippen molar-refractivity contribution >= 4 is 11.7 Å². The Morgan fingerprint density at radius 3 is 2.38 bits per heavy atom. The highest BCUT2D eigenvalue weighted by atomic mass is 16.5. The van der Waals surface area contributed by atoms with Crippen molar-refractivity contribution in [3.8, 4) is 0 Å². The molecule has 0 radical (unpaired) electrons. The summed E-state index contributed by atoms with van der Waals surface area (Å²) in [5.74, 6) is -0.911. The number of hydrogen-bond acceptors (Lipinski definition) is 2. The fourth-order valence-electron chi connectivity index (χ4n) is 1.79. The Balaban J connectivity index is 3.16. The first kappa shape index (κ1) is 12.7. The molecule has 0 saturated heterocycles. The summed E-state index contributed by atoms with van der Waals surface area (Å²) in [7, 11) is 0. The van der Waals surface area contributed by atoms with Crippen molar-refractivity contribution in [1.82, 2.24) is 4.65 Å². The van der Waals surface area contributed by atoms with E-state index in [-0.39, 0.29) is 6.42 Å². The summed E-state index contributed by atoms with van der Waals surface area (Å²) in [4.78, 5) is 10.7. The van der Waals surface area contributed by atoms with E-state index >= 15 is 0 Å². The first-order valence-corrected chi connectivity index (χ1v) is 5.42. The van der Waals surface area contributed by atoms with E-state index in [4.69, 9.17) is 5.11 Å². The van der Waals surface area contributed by atoms with Crippen molar-refractivity contribution in [3.63, 3.8) is 0 Å². The van der Waals surface area contributed by atoms with Crippen molar-refractivity contribution in [3.05, 3.63) is 35.0 Å². The van der Waals surface area contributed by atoms with E-state index in [1.165, 1.54) is 0 Å². The molecule has 0 aliphatic rings. The van der Waals surface area contributed by atoms with Gasteiger partial charge in [0.15, 0.2) is 0 Å². The molecule has 1 rings (SSSR count). The maximum absolute atomic E-state index is 12.4. The quantitative estimate of drug-likeness (QED) is 0.614. The van der Waals surface area contributed by atoms with Gasteiger partial charge in [-0.3, -0.25) is 4.79 Å². The number of aliphatic carboxylic acids is 1. The second kappa shape index (κ2) is 5.09. The molecule has 16 heavy (non-hydrogen) atoms. The van der Waals surface area contributed by atoms with Crippen LogP contribution in [0.2, 0.25) is 0 Å². The lowest BCUT2D eigenvalue weighted by Crippen LogP contribution is -2.43. The largest absolute Gasteiger partial charge is 0.627 e. The zero-order chi connectivity index (χ0) is 12.2. The summed E-state index contributed by atoms with van der Waals surface area (Å²) in [6.45, 7) is 4.45. The van der Waals surface area contributed by atoms with Crippen molar-refractivity contribution < 1.29 is 9.90 Å². The first-order chi connectivity index (χ1) is 7.53. The van der Waals surface area contributed by atoms with Gasteiger partial charge < -0.3 is 15.0 Å². The van der Waals surface area contributed by atoms with E-state index < -0.39 is 10.6 Å². The molecule has 0 aliphatic carbocycles. The van der Waals surface area contributed by atoms with Crippen LogP contribution in [0.5, 0.6) is 0 Å². The minimum absolute atomic E-state index is 0.0988. The summed E-state index contributed by atoms with van der Waals surface area (Å²) in [5, 5.41) is 21.2. The van der Waals surface area contributed by atoms with Gasteiger partial charge in [0.25, 0.3) is 0 Å². The normalized spacial score (nSPS) is 11.4. The lowest BCUT2D eigenvalue weighted by molar-refractivity contribution is -0.136. The van der Waals surface area contributed by atoms with E-state index in [1.807, 2.05) is 13.8 Å². The van der Waals surface area contributed by atoms with Gasteiger partial charge in [0.2, 0.25) is 0 Å². The Bertz CT molecular complexity index is 372. The second-order valence-corrected chi connectivity index (χ2v) is 3.72. The number of quaternary nitrogens is 1. The molecule has 0 atom stereocenters. The molecule has 1 aromatic rings. The molecule has 4 heteroatoms. The molecule has 0 bridgehead atoms. The lowest BCUT2D eigenvalue weighted by atomic mass is 10.1. The monoisotopic (exact) mass is 223 g/mol. The Labute approximate surface area is 95.3 Å². The molecule has 88 valence electrons. The van der Waals surface area contributed by atoms with Crippen molar-refractivity contribution in [1.29, 1.82) is 0 Å². The highest BCUT2D eigenvalue weighted by Crippen LogP contribution is 2.26. The lowest BCUT2D eigenvalue weighted by Gasteiger charge is -2.41. The minimum atomic E-state index is -0.911. The first-order valence-electron chi connectivity index (χ1n) is 5.42. The number of nitrogens with zero attached hydrogens (tertiary/aromatic N) is 1. The number of benzene rings is 1. The maximum atomic E-state index is 12.4. The van der Waals surface area contributed by atoms with Gasteiger partial charge in [-0.25, -0.2) is 0 Å². The highest BCUT2D eigenvalue weighted by Gasteiger charge is 2.20. The SMILES string of the molecule is CC[N+]([O-])(CC)c1ccccc1CC(=O)O. The van der Waals surface area contributed by atoms with Crippen LogP contribution in [0.4, 0.5) is 5.69 Å². The molecule has 0 aliphatic heterocycles. The van der Waals surface area contributed by atoms with Crippen LogP contribution in [0.3, 0.4) is 0 Å². The van der Waals surface area contributed by atoms with Gasteiger partial charge in [-0.2, -0.15) is 0 Å². The Morgan fingerprint density at radius 1 is 1.31 bits per heavy atom. The van der Waals surface area contributed by atoms with Crippen molar-refractivity contribution in [2.45, 2.75) is 20.3 Å². The standard InChI is InChI=1S/C12H17NO3/c1-3-13(16,4-2)11-8-6-5-7-10(11)9-12(14)15/h5-8H,3-4,9H2,1-2H3,(H,14,15). The molecule has 1 N–H and O–H groups in total. The molecule has 0 heterocycles. The summed E-state index contributed by atoms with van der Waals surface area (Å²) in [6.07, 6.45) is -0.0988. The number of rotatable bonds is 5. The molecule has 4 nitrogen and oxygen atoms in total. The molecule has 1 aromatic carbocycles. The molecule has 0 aromatic heterocycles. The fraction of sp³-hybridized carbons (Fsp3) is 0.417. The van der Waals surface area contributed by atoms with E-state index in [9.17, 15) is 10.0 Å². The number of hydrogen-bond donors (Lipinski definition) is 1. The molecule has 0 saturated carbocycles. The van der Waals surface area contributed by atoms with Crippen LogP contribution in [-0.2, 0) is 11.2 Å². The molecule has 0 amide bonds. The molecular weight excluding hydrogens is 206 g/mol. The van der Waals surface area contributed by atoms with E-state index in [1.54, 1.807) is 24.3 Å². The predicted molar refractivity (Wildman–Crippen MR) is 64.0 cm³/mol. The van der Waals surface area contributed by atoms with Gasteiger partial charge >= 0.3 is 5.97 Å². The number of para-hydroxylation sites is 1. The average Bonchev–Trinajstić information content (AvgIpc) is 2.28. The van der Waals surface area contributed by atoms with Crippen LogP contribution in [-0.4, -0.2) is 24.2 Å². The number of hydroxylamine groups is 2. The number of carbonyl (C=O) groups is 1. The van der Waals surface area contributed by atoms with E-state index in [0.29, 0.717) is 24.3 Å². The van der Waals surface area contributed by atoms with Gasteiger partial charge in [0.05, 0.1) is 19.5 Å². The summed E-state index contributed by atoms with van der Waals surface area (Å²) in [6, 6.07) is 6.96. The van der Waals surface area contributed by atoms with Crippen LogP contribution in [0.25, 0.3) is 0 Å². The van der Waals surface area contributed by atoms with Gasteiger partial charge in [-0.05, 0) is 19.9 Å². The number of carboxylic acids is 1. The predicted octanol–water partition coefficient (Wildman–Crippen LogP) is 2.16.